The smallest absolute Gasteiger partial charge is 0.138 e. The van der Waals surface area contributed by atoms with E-state index in [4.69, 9.17) is 4.42 Å². The van der Waals surface area contributed by atoms with Gasteiger partial charge in [0.05, 0.1) is 0 Å². The zero-order valence-electron chi connectivity index (χ0n) is 31.6. The van der Waals surface area contributed by atoms with Crippen molar-refractivity contribution in [2.24, 2.45) is 0 Å². The number of para-hydroxylation sites is 1. The highest BCUT2D eigenvalue weighted by Gasteiger charge is 2.17. The molecule has 0 atom stereocenters. The van der Waals surface area contributed by atoms with Crippen LogP contribution < -0.4 is 4.90 Å². The fraction of sp³-hybridized carbons (Fsp3) is 0.0182. The highest BCUT2D eigenvalue weighted by atomic mass is 16.3. The minimum atomic E-state index is 0.916. The molecule has 1 heterocycles. The lowest BCUT2D eigenvalue weighted by Gasteiger charge is -2.26. The molecular weight excluding hydrogens is 691 g/mol. The van der Waals surface area contributed by atoms with Crippen molar-refractivity contribution in [3.8, 4) is 55.8 Å². The summed E-state index contributed by atoms with van der Waals surface area (Å²) in [6, 6.07) is 78.2. The molecule has 0 spiro atoms. The van der Waals surface area contributed by atoms with Crippen LogP contribution in [-0.2, 0) is 0 Å². The summed E-state index contributed by atoms with van der Waals surface area (Å²) >= 11 is 0. The van der Waals surface area contributed by atoms with Gasteiger partial charge in [-0.3, -0.25) is 0 Å². The van der Waals surface area contributed by atoms with Crippen molar-refractivity contribution in [2.45, 2.75) is 6.92 Å². The Hall–Kier alpha value is -7.42. The van der Waals surface area contributed by atoms with Gasteiger partial charge in [-0.15, -0.1) is 0 Å². The maximum absolute atomic E-state index is 6.34. The van der Waals surface area contributed by atoms with E-state index in [1.165, 1.54) is 44.2 Å². The van der Waals surface area contributed by atoms with Gasteiger partial charge in [-0.2, -0.15) is 0 Å². The number of fused-ring (bicyclic) bond motifs is 2. The third kappa shape index (κ3) is 6.48. The van der Waals surface area contributed by atoms with Gasteiger partial charge in [0, 0.05) is 33.6 Å². The molecule has 10 rings (SSSR count). The summed E-state index contributed by atoms with van der Waals surface area (Å²) in [6.45, 7) is 2.14. The van der Waals surface area contributed by atoms with E-state index in [1.54, 1.807) is 0 Å². The Morgan fingerprint density at radius 3 is 1.53 bits per heavy atom. The van der Waals surface area contributed by atoms with Crippen molar-refractivity contribution in [3.63, 3.8) is 0 Å². The molecule has 0 unspecified atom stereocenters. The zero-order chi connectivity index (χ0) is 38.1. The van der Waals surface area contributed by atoms with Crippen LogP contribution >= 0.6 is 0 Å². The molecule has 270 valence electrons. The van der Waals surface area contributed by atoms with Gasteiger partial charge in [-0.25, -0.2) is 0 Å². The molecule has 0 fully saturated rings. The van der Waals surface area contributed by atoms with Gasteiger partial charge in [-0.1, -0.05) is 170 Å². The molecule has 0 N–H and O–H groups in total. The first-order valence-electron chi connectivity index (χ1n) is 19.5. The monoisotopic (exact) mass is 729 g/mol. The summed E-state index contributed by atoms with van der Waals surface area (Å²) in [5.74, 6) is 0.920. The van der Waals surface area contributed by atoms with Crippen molar-refractivity contribution in [2.75, 3.05) is 4.90 Å². The number of benzene rings is 9. The SMILES string of the molecule is Cc1c(-c2cccc(-c3ccc(N(c4ccc(-c5ccccc5-c5ccccc5-c5ccccc5)cc4)c4ccc5ccccc5c4)cc3)c2)oc2ccccc12. The first-order valence-corrected chi connectivity index (χ1v) is 19.5. The van der Waals surface area contributed by atoms with E-state index in [-0.39, 0.29) is 0 Å². The quantitative estimate of drug-likeness (QED) is 0.155. The van der Waals surface area contributed by atoms with Gasteiger partial charge < -0.3 is 9.32 Å². The largest absolute Gasteiger partial charge is 0.456 e. The molecule has 1 aromatic heterocycles. The molecule has 0 bridgehead atoms. The summed E-state index contributed by atoms with van der Waals surface area (Å²) in [7, 11) is 0. The lowest BCUT2D eigenvalue weighted by molar-refractivity contribution is 0.629. The van der Waals surface area contributed by atoms with E-state index in [9.17, 15) is 0 Å². The third-order valence-electron chi connectivity index (χ3n) is 11.1. The van der Waals surface area contributed by atoms with Gasteiger partial charge in [-0.05, 0) is 111 Å². The maximum atomic E-state index is 6.34. The summed E-state index contributed by atoms with van der Waals surface area (Å²) < 4.78 is 6.34. The lowest BCUT2D eigenvalue weighted by Crippen LogP contribution is -2.09. The van der Waals surface area contributed by atoms with Crippen LogP contribution in [0.2, 0.25) is 0 Å². The van der Waals surface area contributed by atoms with Crippen LogP contribution in [0.25, 0.3) is 77.6 Å². The van der Waals surface area contributed by atoms with Gasteiger partial charge in [0.25, 0.3) is 0 Å². The number of nitrogens with zero attached hydrogens (tertiary/aromatic N) is 1. The van der Waals surface area contributed by atoms with Gasteiger partial charge in [0.15, 0.2) is 0 Å². The van der Waals surface area contributed by atoms with Crippen molar-refractivity contribution >= 4 is 38.8 Å². The fourth-order valence-electron chi connectivity index (χ4n) is 8.20. The van der Waals surface area contributed by atoms with Crippen molar-refractivity contribution in [1.82, 2.24) is 0 Å². The highest BCUT2D eigenvalue weighted by Crippen LogP contribution is 2.42. The second-order valence-electron chi connectivity index (χ2n) is 14.6. The van der Waals surface area contributed by atoms with Crippen molar-refractivity contribution < 1.29 is 4.42 Å². The second kappa shape index (κ2) is 14.7. The van der Waals surface area contributed by atoms with Crippen LogP contribution in [0.15, 0.2) is 223 Å². The summed E-state index contributed by atoms with van der Waals surface area (Å²) in [4.78, 5) is 2.35. The Bertz CT molecular complexity index is 3010. The standard InChI is InChI=1S/C55H39NO/c1-38-49-20-11-12-25-54(49)57-55(38)45-19-13-18-43(36-45)40-26-31-46(32-27-40)56(48-35-28-39-14-5-6-17-44(39)37-48)47-33-29-42(30-34-47)51-22-8-10-24-53(51)52-23-9-7-21-50(52)41-15-3-2-4-16-41/h2-37H,1H3. The average Bonchev–Trinajstić information content (AvgIpc) is 3.63. The molecule has 2 heteroatoms. The summed E-state index contributed by atoms with van der Waals surface area (Å²) in [5, 5.41) is 3.58. The van der Waals surface area contributed by atoms with E-state index in [0.717, 1.165) is 56.0 Å². The lowest BCUT2D eigenvalue weighted by atomic mass is 9.89. The van der Waals surface area contributed by atoms with Crippen molar-refractivity contribution in [1.29, 1.82) is 0 Å². The van der Waals surface area contributed by atoms with Crippen molar-refractivity contribution in [3.05, 3.63) is 224 Å². The predicted octanol–water partition coefficient (Wildman–Crippen LogP) is 15.7. The van der Waals surface area contributed by atoms with Crippen LogP contribution in [0.1, 0.15) is 5.56 Å². The van der Waals surface area contributed by atoms with Crippen LogP contribution in [0.3, 0.4) is 0 Å². The molecule has 0 aliphatic carbocycles. The summed E-state index contributed by atoms with van der Waals surface area (Å²) in [5.41, 5.74) is 16.0. The Morgan fingerprint density at radius 1 is 0.333 bits per heavy atom. The topological polar surface area (TPSA) is 16.4 Å². The first kappa shape index (κ1) is 34.1. The van der Waals surface area contributed by atoms with E-state index < -0.39 is 0 Å². The second-order valence-corrected chi connectivity index (χ2v) is 14.6. The third-order valence-corrected chi connectivity index (χ3v) is 11.1. The number of hydrogen-bond acceptors (Lipinski definition) is 2. The Balaban J connectivity index is 1.02. The molecule has 0 radical (unpaired) electrons. The minimum absolute atomic E-state index is 0.916. The van der Waals surface area contributed by atoms with E-state index >= 15 is 0 Å². The number of rotatable bonds is 8. The molecule has 0 aliphatic heterocycles. The van der Waals surface area contributed by atoms with Gasteiger partial charge >= 0.3 is 0 Å². The number of anilines is 3. The predicted molar refractivity (Wildman–Crippen MR) is 240 cm³/mol. The molecule has 0 saturated heterocycles. The Morgan fingerprint density at radius 2 is 0.842 bits per heavy atom. The van der Waals surface area contributed by atoms with E-state index in [0.29, 0.717) is 0 Å². The Labute approximate surface area is 333 Å². The molecule has 0 aliphatic rings. The van der Waals surface area contributed by atoms with Gasteiger partial charge in [0.2, 0.25) is 0 Å². The first-order chi connectivity index (χ1) is 28.2. The fourth-order valence-corrected chi connectivity index (χ4v) is 8.20. The number of aryl methyl sites for hydroxylation is 1. The molecular formula is C55H39NO. The molecule has 9 aromatic carbocycles. The molecule has 0 amide bonds. The molecule has 10 aromatic rings. The zero-order valence-corrected chi connectivity index (χ0v) is 31.6. The van der Waals surface area contributed by atoms with Crippen LogP contribution in [0.5, 0.6) is 0 Å². The molecule has 0 saturated carbocycles. The van der Waals surface area contributed by atoms with Gasteiger partial charge in [0.1, 0.15) is 11.3 Å². The maximum Gasteiger partial charge on any atom is 0.138 e. The normalized spacial score (nSPS) is 11.2. The highest BCUT2D eigenvalue weighted by molar-refractivity contribution is 5.93. The van der Waals surface area contributed by atoms with Crippen LogP contribution in [-0.4, -0.2) is 0 Å². The average molecular weight is 730 g/mol. The molecule has 57 heavy (non-hydrogen) atoms. The number of furan rings is 1. The molecule has 2 nitrogen and oxygen atoms in total. The number of hydrogen-bond donors (Lipinski definition) is 0. The Kier molecular flexibility index (Phi) is 8.78. The van der Waals surface area contributed by atoms with E-state index in [1.807, 2.05) is 12.1 Å². The van der Waals surface area contributed by atoms with Crippen LogP contribution in [0.4, 0.5) is 17.1 Å². The summed E-state index contributed by atoms with van der Waals surface area (Å²) in [6.07, 6.45) is 0. The minimum Gasteiger partial charge on any atom is -0.456 e. The van der Waals surface area contributed by atoms with Crippen LogP contribution in [0, 0.1) is 6.92 Å². The van der Waals surface area contributed by atoms with E-state index in [2.05, 4.69) is 218 Å².